The lowest BCUT2D eigenvalue weighted by molar-refractivity contribution is -0.117. The minimum atomic E-state index is -0.0153. The molecule has 0 bridgehead atoms. The van der Waals surface area contributed by atoms with Gasteiger partial charge >= 0.3 is 0 Å². The van der Waals surface area contributed by atoms with Gasteiger partial charge in [-0.25, -0.2) is 0 Å². The first-order valence-electron chi connectivity index (χ1n) is 9.21. The molecule has 0 unspecified atom stereocenters. The van der Waals surface area contributed by atoms with Crippen molar-refractivity contribution in [2.75, 3.05) is 29.1 Å². The fourth-order valence-electron chi connectivity index (χ4n) is 2.93. The predicted molar refractivity (Wildman–Crippen MR) is 110 cm³/mol. The Morgan fingerprint density at radius 2 is 1.89 bits per heavy atom. The van der Waals surface area contributed by atoms with Crippen molar-refractivity contribution < 1.29 is 14.3 Å². The summed E-state index contributed by atoms with van der Waals surface area (Å²) in [5.41, 5.74) is 1.64. The van der Waals surface area contributed by atoms with Gasteiger partial charge in [-0.1, -0.05) is 0 Å². The number of benzene rings is 2. The molecule has 2 aromatic rings. The van der Waals surface area contributed by atoms with Gasteiger partial charge in [-0.3, -0.25) is 9.59 Å². The van der Waals surface area contributed by atoms with E-state index in [4.69, 9.17) is 4.74 Å². The third-order valence-corrected chi connectivity index (χ3v) is 5.28. The number of hydrogen-bond acceptors (Lipinski definition) is 4. The van der Waals surface area contributed by atoms with E-state index < -0.39 is 0 Å². The number of nitrogens with one attached hydrogen (secondary N) is 1. The van der Waals surface area contributed by atoms with E-state index in [0.29, 0.717) is 25.2 Å². The van der Waals surface area contributed by atoms with Crippen molar-refractivity contribution in [2.45, 2.75) is 31.1 Å². The molecule has 0 spiro atoms. The fourth-order valence-corrected chi connectivity index (χ4v) is 3.78. The molecule has 5 nitrogen and oxygen atoms in total. The zero-order valence-electron chi connectivity index (χ0n) is 15.4. The zero-order chi connectivity index (χ0) is 19.1. The quantitative estimate of drug-likeness (QED) is 0.688. The lowest BCUT2D eigenvalue weighted by Crippen LogP contribution is -2.23. The van der Waals surface area contributed by atoms with E-state index in [9.17, 15) is 9.59 Å². The van der Waals surface area contributed by atoms with E-state index in [2.05, 4.69) is 5.32 Å². The Labute approximate surface area is 164 Å². The van der Waals surface area contributed by atoms with E-state index in [1.807, 2.05) is 55.5 Å². The molecule has 0 radical (unpaired) electrons. The van der Waals surface area contributed by atoms with Crippen molar-refractivity contribution >= 4 is 35.0 Å². The number of nitrogens with zero attached hydrogens (tertiary/aromatic N) is 1. The zero-order valence-corrected chi connectivity index (χ0v) is 16.3. The summed E-state index contributed by atoms with van der Waals surface area (Å²) in [7, 11) is 0. The van der Waals surface area contributed by atoms with Crippen LogP contribution >= 0.6 is 11.8 Å². The molecular weight excluding hydrogens is 360 g/mol. The number of carbonyl (C=O) groups is 2. The topological polar surface area (TPSA) is 58.6 Å². The highest BCUT2D eigenvalue weighted by Crippen LogP contribution is 2.24. The summed E-state index contributed by atoms with van der Waals surface area (Å²) in [6.07, 6.45) is 1.96. The maximum absolute atomic E-state index is 12.1. The standard InChI is InChI=1S/C21H24N2O3S/c1-2-26-18-9-11-19(12-10-18)27-15-13-20(24)22-16-5-7-17(8-6-16)23-14-3-4-21(23)25/h5-12H,2-4,13-15H2,1H3,(H,22,24). The molecule has 1 aliphatic heterocycles. The predicted octanol–water partition coefficient (Wildman–Crippen LogP) is 4.33. The molecule has 0 atom stereocenters. The first-order valence-corrected chi connectivity index (χ1v) is 10.2. The fraction of sp³-hybridized carbons (Fsp3) is 0.333. The number of hydrogen-bond donors (Lipinski definition) is 1. The minimum Gasteiger partial charge on any atom is -0.494 e. The second kappa shape index (κ2) is 9.46. The summed E-state index contributed by atoms with van der Waals surface area (Å²) in [6, 6.07) is 15.4. The van der Waals surface area contributed by atoms with E-state index in [0.717, 1.165) is 35.0 Å². The maximum atomic E-state index is 12.1. The van der Waals surface area contributed by atoms with E-state index in [-0.39, 0.29) is 11.8 Å². The molecule has 1 heterocycles. The Hall–Kier alpha value is -2.47. The first-order chi connectivity index (χ1) is 13.2. The molecule has 0 saturated carbocycles. The average Bonchev–Trinajstić information content (AvgIpc) is 3.10. The van der Waals surface area contributed by atoms with Crippen LogP contribution in [0.3, 0.4) is 0 Å². The minimum absolute atomic E-state index is 0.0153. The van der Waals surface area contributed by atoms with Crippen LogP contribution in [-0.2, 0) is 9.59 Å². The molecule has 142 valence electrons. The molecular formula is C21H24N2O3S. The molecule has 27 heavy (non-hydrogen) atoms. The van der Waals surface area contributed by atoms with Gasteiger partial charge in [0, 0.05) is 41.4 Å². The molecule has 3 rings (SSSR count). The van der Waals surface area contributed by atoms with Gasteiger partial charge < -0.3 is 15.0 Å². The first kappa shape index (κ1) is 19.3. The summed E-state index contributed by atoms with van der Waals surface area (Å²) in [4.78, 5) is 26.8. The molecule has 1 fully saturated rings. The van der Waals surface area contributed by atoms with Gasteiger partial charge in [0.25, 0.3) is 0 Å². The van der Waals surface area contributed by atoms with Gasteiger partial charge in [-0.05, 0) is 61.9 Å². The van der Waals surface area contributed by atoms with Gasteiger partial charge in [0.05, 0.1) is 6.61 Å². The van der Waals surface area contributed by atoms with E-state index in [1.165, 1.54) is 0 Å². The van der Waals surface area contributed by atoms with Crippen LogP contribution in [0.25, 0.3) is 0 Å². The van der Waals surface area contributed by atoms with Crippen LogP contribution in [0.1, 0.15) is 26.2 Å². The second-order valence-electron chi connectivity index (χ2n) is 6.25. The highest BCUT2D eigenvalue weighted by molar-refractivity contribution is 7.99. The normalized spacial score (nSPS) is 13.7. The SMILES string of the molecule is CCOc1ccc(SCCC(=O)Nc2ccc(N3CCCC3=O)cc2)cc1. The average molecular weight is 385 g/mol. The summed E-state index contributed by atoms with van der Waals surface area (Å²) >= 11 is 1.65. The summed E-state index contributed by atoms with van der Waals surface area (Å²) in [5.74, 6) is 1.72. The van der Waals surface area contributed by atoms with Crippen molar-refractivity contribution in [3.05, 3.63) is 48.5 Å². The highest BCUT2D eigenvalue weighted by atomic mass is 32.2. The Morgan fingerprint density at radius 3 is 2.52 bits per heavy atom. The van der Waals surface area contributed by atoms with Crippen molar-refractivity contribution in [3.63, 3.8) is 0 Å². The number of carbonyl (C=O) groups excluding carboxylic acids is 2. The van der Waals surface area contributed by atoms with Gasteiger partial charge in [0.15, 0.2) is 0 Å². The summed E-state index contributed by atoms with van der Waals surface area (Å²) < 4.78 is 5.42. The van der Waals surface area contributed by atoms with Gasteiger partial charge in [-0.2, -0.15) is 0 Å². The summed E-state index contributed by atoms with van der Waals surface area (Å²) in [6.45, 7) is 3.38. The van der Waals surface area contributed by atoms with Gasteiger partial charge in [0.1, 0.15) is 5.75 Å². The molecule has 1 aliphatic rings. The molecule has 2 aromatic carbocycles. The smallest absolute Gasteiger partial charge is 0.227 e. The Bertz CT molecular complexity index is 775. The number of anilines is 2. The largest absolute Gasteiger partial charge is 0.494 e. The lowest BCUT2D eigenvalue weighted by Gasteiger charge is -2.16. The van der Waals surface area contributed by atoms with Crippen LogP contribution in [0, 0.1) is 0 Å². The Kier molecular flexibility index (Phi) is 6.76. The summed E-state index contributed by atoms with van der Waals surface area (Å²) in [5, 5.41) is 2.91. The van der Waals surface area contributed by atoms with Crippen LogP contribution in [0.15, 0.2) is 53.4 Å². The molecule has 1 saturated heterocycles. The Balaban J connectivity index is 1.43. The van der Waals surface area contributed by atoms with Crippen molar-refractivity contribution in [1.82, 2.24) is 0 Å². The molecule has 6 heteroatoms. The van der Waals surface area contributed by atoms with Crippen LogP contribution in [0.4, 0.5) is 11.4 Å². The number of amides is 2. The maximum Gasteiger partial charge on any atom is 0.227 e. The van der Waals surface area contributed by atoms with Crippen LogP contribution < -0.4 is 15.0 Å². The van der Waals surface area contributed by atoms with E-state index >= 15 is 0 Å². The van der Waals surface area contributed by atoms with Crippen molar-refractivity contribution in [2.24, 2.45) is 0 Å². The van der Waals surface area contributed by atoms with Crippen LogP contribution in [-0.4, -0.2) is 30.7 Å². The van der Waals surface area contributed by atoms with Crippen LogP contribution in [0.2, 0.25) is 0 Å². The van der Waals surface area contributed by atoms with Crippen molar-refractivity contribution in [1.29, 1.82) is 0 Å². The van der Waals surface area contributed by atoms with Crippen molar-refractivity contribution in [3.8, 4) is 5.75 Å². The second-order valence-corrected chi connectivity index (χ2v) is 7.42. The van der Waals surface area contributed by atoms with E-state index in [1.54, 1.807) is 16.7 Å². The lowest BCUT2D eigenvalue weighted by atomic mass is 10.2. The van der Waals surface area contributed by atoms with Crippen LogP contribution in [0.5, 0.6) is 5.75 Å². The molecule has 1 N–H and O–H groups in total. The molecule has 0 aliphatic carbocycles. The van der Waals surface area contributed by atoms with Gasteiger partial charge in [0.2, 0.25) is 11.8 Å². The highest BCUT2D eigenvalue weighted by Gasteiger charge is 2.21. The monoisotopic (exact) mass is 384 g/mol. The third-order valence-electron chi connectivity index (χ3n) is 4.27. The van der Waals surface area contributed by atoms with Gasteiger partial charge in [-0.15, -0.1) is 11.8 Å². The number of ether oxygens (including phenoxy) is 1. The number of rotatable bonds is 8. The molecule has 0 aromatic heterocycles. The number of thioether (sulfide) groups is 1. The molecule has 2 amide bonds. The Morgan fingerprint density at radius 1 is 1.15 bits per heavy atom. The third kappa shape index (κ3) is 5.50.